The lowest BCUT2D eigenvalue weighted by atomic mass is 10.1. The molecule has 11 nitrogen and oxygen atoms in total. The van der Waals surface area contributed by atoms with E-state index in [1.54, 1.807) is 49.4 Å². The summed E-state index contributed by atoms with van der Waals surface area (Å²) < 4.78 is 39.9. The minimum atomic E-state index is -0.405. The maximum absolute atomic E-state index is 13.8. The SMILES string of the molecule is COc1cc(OC)c2c(=O)c(OCCCOc3ccc(/C(C)=C4/SC(=O)NC4=O)cc3)c(-c3ccc(OC)c(OC)c3)oc2c1. The third-order valence-electron chi connectivity index (χ3n) is 7.04. The van der Waals surface area contributed by atoms with E-state index in [2.05, 4.69) is 5.32 Å². The van der Waals surface area contributed by atoms with E-state index < -0.39 is 11.3 Å². The van der Waals surface area contributed by atoms with Crippen LogP contribution in [0.2, 0.25) is 0 Å². The predicted molar refractivity (Wildman–Crippen MR) is 170 cm³/mol. The van der Waals surface area contributed by atoms with Gasteiger partial charge in [-0.05, 0) is 60.2 Å². The smallest absolute Gasteiger partial charge is 0.290 e. The number of hydrogen-bond donors (Lipinski definition) is 1. The molecule has 3 aromatic carbocycles. The van der Waals surface area contributed by atoms with E-state index in [9.17, 15) is 14.4 Å². The number of carbonyl (C=O) groups is 2. The van der Waals surface area contributed by atoms with Gasteiger partial charge in [0.1, 0.15) is 28.2 Å². The van der Waals surface area contributed by atoms with Crippen molar-refractivity contribution < 1.29 is 42.4 Å². The molecule has 1 N–H and O–H groups in total. The number of thioether (sulfide) groups is 1. The van der Waals surface area contributed by atoms with Crippen molar-refractivity contribution in [2.24, 2.45) is 0 Å². The van der Waals surface area contributed by atoms with Crippen LogP contribution in [0.25, 0.3) is 27.9 Å². The van der Waals surface area contributed by atoms with E-state index in [-0.39, 0.29) is 34.3 Å². The first-order valence-corrected chi connectivity index (χ1v) is 14.6. The average molecular weight is 634 g/mol. The molecule has 1 aliphatic rings. The summed E-state index contributed by atoms with van der Waals surface area (Å²) in [5.41, 5.74) is 1.92. The average Bonchev–Trinajstić information content (AvgIpc) is 3.41. The summed E-state index contributed by atoms with van der Waals surface area (Å²) in [5, 5.41) is 2.11. The fourth-order valence-electron chi connectivity index (χ4n) is 4.74. The van der Waals surface area contributed by atoms with Gasteiger partial charge in [0.2, 0.25) is 11.2 Å². The van der Waals surface area contributed by atoms with Gasteiger partial charge >= 0.3 is 0 Å². The fourth-order valence-corrected chi connectivity index (χ4v) is 5.48. The van der Waals surface area contributed by atoms with Crippen LogP contribution in [0.15, 0.2) is 68.7 Å². The van der Waals surface area contributed by atoms with Gasteiger partial charge in [-0.1, -0.05) is 12.1 Å². The Bertz CT molecular complexity index is 1850. The van der Waals surface area contributed by atoms with Gasteiger partial charge in [0, 0.05) is 24.1 Å². The molecule has 1 fully saturated rings. The molecule has 0 radical (unpaired) electrons. The van der Waals surface area contributed by atoms with Gasteiger partial charge in [-0.25, -0.2) is 0 Å². The lowest BCUT2D eigenvalue weighted by Gasteiger charge is -2.15. The molecule has 1 saturated heterocycles. The van der Waals surface area contributed by atoms with Crippen LogP contribution in [0.4, 0.5) is 4.79 Å². The second-order valence-corrected chi connectivity index (χ2v) is 10.7. The minimum Gasteiger partial charge on any atom is -0.496 e. The quantitative estimate of drug-likeness (QED) is 0.144. The highest BCUT2D eigenvalue weighted by atomic mass is 32.2. The van der Waals surface area contributed by atoms with Crippen LogP contribution in [0, 0.1) is 0 Å². The van der Waals surface area contributed by atoms with Crippen molar-refractivity contribution in [3.05, 3.63) is 75.3 Å². The summed E-state index contributed by atoms with van der Waals surface area (Å²) in [4.78, 5) is 37.7. The molecule has 12 heteroatoms. The number of hydrogen-bond acceptors (Lipinski definition) is 11. The standard InChI is InChI=1S/C33H31NO10S/c1-18(31-32(36)34-33(37)45-31)19-7-10-21(11-8-19)42-13-6-14-43-30-28(35)27-25(41-5)16-22(38-2)17-26(27)44-29(30)20-9-12-23(39-3)24(15-20)40-4/h7-12,15-17H,6,13-14H2,1-5H3,(H,34,36,37)/b31-18+. The van der Waals surface area contributed by atoms with E-state index in [0.29, 0.717) is 57.8 Å². The number of benzene rings is 3. The zero-order valence-electron chi connectivity index (χ0n) is 25.3. The van der Waals surface area contributed by atoms with Crippen LogP contribution in [0.5, 0.6) is 34.5 Å². The van der Waals surface area contributed by atoms with E-state index in [0.717, 1.165) is 17.3 Å². The molecule has 234 valence electrons. The Labute approximate surface area is 263 Å². The van der Waals surface area contributed by atoms with E-state index in [4.69, 9.17) is 32.8 Å². The molecule has 2 heterocycles. The zero-order chi connectivity index (χ0) is 32.1. The Morgan fingerprint density at radius 1 is 0.778 bits per heavy atom. The van der Waals surface area contributed by atoms with Gasteiger partial charge in [-0.2, -0.15) is 0 Å². The van der Waals surface area contributed by atoms with Gasteiger partial charge in [-0.3, -0.25) is 19.7 Å². The topological polar surface area (TPSA) is 132 Å². The third-order valence-corrected chi connectivity index (χ3v) is 8.02. The Kier molecular flexibility index (Phi) is 9.53. The number of carbonyl (C=O) groups excluding carboxylic acids is 2. The maximum atomic E-state index is 13.8. The summed E-state index contributed by atoms with van der Waals surface area (Å²) >= 11 is 0.888. The first kappa shape index (κ1) is 31.3. The Morgan fingerprint density at radius 3 is 2.13 bits per heavy atom. The van der Waals surface area contributed by atoms with Crippen molar-refractivity contribution in [3.8, 4) is 45.8 Å². The van der Waals surface area contributed by atoms with Crippen molar-refractivity contribution in [3.63, 3.8) is 0 Å². The number of nitrogens with one attached hydrogen (secondary N) is 1. The van der Waals surface area contributed by atoms with Crippen LogP contribution in [-0.2, 0) is 4.79 Å². The molecule has 0 unspecified atom stereocenters. The Balaban J connectivity index is 1.35. The number of fused-ring (bicyclic) bond motifs is 1. The van der Waals surface area contributed by atoms with Crippen LogP contribution >= 0.6 is 11.8 Å². The summed E-state index contributed by atoms with van der Waals surface area (Å²) in [5.74, 6) is 2.17. The molecule has 4 aromatic rings. The highest BCUT2D eigenvalue weighted by Crippen LogP contribution is 2.39. The van der Waals surface area contributed by atoms with Crippen molar-refractivity contribution in [2.75, 3.05) is 41.7 Å². The Morgan fingerprint density at radius 2 is 1.49 bits per heavy atom. The van der Waals surface area contributed by atoms with Gasteiger partial charge in [-0.15, -0.1) is 0 Å². The van der Waals surface area contributed by atoms with Gasteiger partial charge in [0.25, 0.3) is 11.1 Å². The van der Waals surface area contributed by atoms with Crippen LogP contribution in [0.1, 0.15) is 18.9 Å². The maximum Gasteiger partial charge on any atom is 0.290 e. The Hall–Kier alpha value is -5.10. The molecule has 0 aliphatic carbocycles. The van der Waals surface area contributed by atoms with E-state index in [1.807, 2.05) is 12.1 Å². The summed E-state index contributed by atoms with van der Waals surface area (Å²) in [6.07, 6.45) is 0.451. The fraction of sp³-hybridized carbons (Fsp3) is 0.242. The molecular formula is C33H31NO10S. The van der Waals surface area contributed by atoms with Crippen molar-refractivity contribution in [1.29, 1.82) is 0 Å². The zero-order valence-corrected chi connectivity index (χ0v) is 26.1. The first-order valence-electron chi connectivity index (χ1n) is 13.8. The highest BCUT2D eigenvalue weighted by Gasteiger charge is 2.27. The molecule has 1 aliphatic heterocycles. The van der Waals surface area contributed by atoms with Gasteiger partial charge < -0.3 is 32.8 Å². The lowest BCUT2D eigenvalue weighted by Crippen LogP contribution is -2.18. The van der Waals surface area contributed by atoms with Gasteiger partial charge in [0.15, 0.2) is 17.3 Å². The number of ether oxygens (including phenoxy) is 6. The van der Waals surface area contributed by atoms with Gasteiger partial charge in [0.05, 0.1) is 46.6 Å². The van der Waals surface area contributed by atoms with Crippen LogP contribution in [-0.4, -0.2) is 52.8 Å². The predicted octanol–water partition coefficient (Wildman–Crippen LogP) is 6.06. The third kappa shape index (κ3) is 6.55. The number of allylic oxidation sites excluding steroid dienone is 1. The van der Waals surface area contributed by atoms with Crippen LogP contribution < -0.4 is 39.2 Å². The second kappa shape index (κ2) is 13.7. The molecule has 45 heavy (non-hydrogen) atoms. The molecule has 1 aromatic heterocycles. The minimum absolute atomic E-state index is 0.0124. The van der Waals surface area contributed by atoms with Crippen molar-refractivity contribution in [1.82, 2.24) is 5.32 Å². The lowest BCUT2D eigenvalue weighted by molar-refractivity contribution is -0.115. The normalized spacial score (nSPS) is 13.8. The van der Waals surface area contributed by atoms with Crippen molar-refractivity contribution >= 4 is 39.5 Å². The van der Waals surface area contributed by atoms with Crippen molar-refractivity contribution in [2.45, 2.75) is 13.3 Å². The number of rotatable bonds is 12. The summed E-state index contributed by atoms with van der Waals surface area (Å²) in [7, 11) is 6.03. The molecule has 2 amide bonds. The van der Waals surface area contributed by atoms with E-state index >= 15 is 0 Å². The number of amides is 2. The molecule has 0 saturated carbocycles. The number of imide groups is 1. The molecule has 0 atom stereocenters. The largest absolute Gasteiger partial charge is 0.496 e. The summed E-state index contributed by atoms with van der Waals surface area (Å²) in [6.45, 7) is 2.25. The molecule has 5 rings (SSSR count). The van der Waals surface area contributed by atoms with Crippen LogP contribution in [0.3, 0.4) is 0 Å². The van der Waals surface area contributed by atoms with E-state index in [1.165, 1.54) is 28.4 Å². The highest BCUT2D eigenvalue weighted by molar-refractivity contribution is 8.18. The number of methoxy groups -OCH3 is 4. The second-order valence-electron chi connectivity index (χ2n) is 9.73. The first-order chi connectivity index (χ1) is 21.8. The summed E-state index contributed by atoms with van der Waals surface area (Å²) in [6, 6.07) is 15.6. The molecule has 0 bridgehead atoms. The molecule has 0 spiro atoms. The molecular weight excluding hydrogens is 602 g/mol. The monoisotopic (exact) mass is 633 g/mol.